The fourth-order valence-corrected chi connectivity index (χ4v) is 6.99. The number of ketones is 3. The van der Waals surface area contributed by atoms with Crippen molar-refractivity contribution in [3.05, 3.63) is 23.8 Å². The molecule has 0 radical (unpaired) electrons. The van der Waals surface area contributed by atoms with E-state index in [0.29, 0.717) is 0 Å². The SMILES string of the molecule is CC1C[C@H]2[C@@H]3CC(F)C4=CC(=O)C=C[C@]4(C)[C@@]3(F)C(=O)C[C@]2(C)[C@@]1(O)C(=O)CO. The Morgan fingerprint density at radius 3 is 2.52 bits per heavy atom. The summed E-state index contributed by atoms with van der Waals surface area (Å²) in [7, 11) is 0. The molecule has 0 aromatic heterocycles. The lowest BCUT2D eigenvalue weighted by molar-refractivity contribution is -0.189. The maximum Gasteiger partial charge on any atom is 0.190 e. The van der Waals surface area contributed by atoms with E-state index in [9.17, 15) is 24.6 Å². The number of carbonyl (C=O) groups is 3. The molecule has 29 heavy (non-hydrogen) atoms. The highest BCUT2D eigenvalue weighted by Gasteiger charge is 2.76. The molecule has 4 aliphatic rings. The first-order valence-electron chi connectivity index (χ1n) is 10.1. The van der Waals surface area contributed by atoms with Crippen LogP contribution in [0.5, 0.6) is 0 Å². The Hall–Kier alpha value is -1.73. The maximum absolute atomic E-state index is 16.8. The number of rotatable bonds is 2. The molecule has 0 aliphatic heterocycles. The minimum absolute atomic E-state index is 0.0200. The number of hydrogen-bond acceptors (Lipinski definition) is 5. The van der Waals surface area contributed by atoms with Gasteiger partial charge in [0.2, 0.25) is 0 Å². The van der Waals surface area contributed by atoms with Crippen LogP contribution < -0.4 is 0 Å². The normalized spacial score (nSPS) is 51.2. The Balaban J connectivity index is 1.88. The number of aliphatic hydroxyl groups excluding tert-OH is 1. The van der Waals surface area contributed by atoms with Crippen molar-refractivity contribution in [2.75, 3.05) is 6.61 Å². The minimum Gasteiger partial charge on any atom is -0.388 e. The van der Waals surface area contributed by atoms with Crippen LogP contribution in [0.2, 0.25) is 0 Å². The average Bonchev–Trinajstić information content (AvgIpc) is 2.86. The lowest BCUT2D eigenvalue weighted by Gasteiger charge is -2.60. The standard InChI is InChI=1S/C22H26F2O5/c1-11-6-13-14-8-16(23)15-7-12(26)4-5-19(15,2)21(14,24)17(27)9-20(13,3)22(11,29)18(28)10-25/h4-5,7,11,13-14,16,25,29H,6,8-10H2,1-3H3/t11?,13-,14-,16?,19-,20-,21-,22-/m0/s1. The van der Waals surface area contributed by atoms with Crippen LogP contribution in [-0.4, -0.2) is 51.6 Å². The van der Waals surface area contributed by atoms with E-state index < -0.39 is 76.4 Å². The Kier molecular flexibility index (Phi) is 4.19. The van der Waals surface area contributed by atoms with Crippen LogP contribution in [0.15, 0.2) is 23.8 Å². The molecule has 0 bridgehead atoms. The Morgan fingerprint density at radius 2 is 1.90 bits per heavy atom. The number of allylic oxidation sites excluding steroid dienone is 4. The van der Waals surface area contributed by atoms with Gasteiger partial charge in [-0.2, -0.15) is 0 Å². The zero-order valence-corrected chi connectivity index (χ0v) is 16.7. The van der Waals surface area contributed by atoms with Gasteiger partial charge in [0.25, 0.3) is 0 Å². The van der Waals surface area contributed by atoms with Crippen molar-refractivity contribution in [2.24, 2.45) is 28.6 Å². The molecule has 158 valence electrons. The van der Waals surface area contributed by atoms with E-state index >= 15 is 8.78 Å². The van der Waals surface area contributed by atoms with Crippen LogP contribution in [-0.2, 0) is 14.4 Å². The van der Waals surface area contributed by atoms with Gasteiger partial charge in [-0.1, -0.05) is 19.9 Å². The summed E-state index contributed by atoms with van der Waals surface area (Å²) >= 11 is 0. The molecule has 0 aromatic rings. The van der Waals surface area contributed by atoms with Crippen molar-refractivity contribution >= 4 is 17.3 Å². The van der Waals surface area contributed by atoms with Crippen LogP contribution in [0.4, 0.5) is 8.78 Å². The van der Waals surface area contributed by atoms with Gasteiger partial charge < -0.3 is 10.2 Å². The summed E-state index contributed by atoms with van der Waals surface area (Å²) in [5.41, 5.74) is -7.32. The molecule has 7 heteroatoms. The molecule has 2 unspecified atom stereocenters. The predicted octanol–water partition coefficient (Wildman–Crippen LogP) is 2.05. The van der Waals surface area contributed by atoms with Gasteiger partial charge in [0.1, 0.15) is 18.4 Å². The Morgan fingerprint density at radius 1 is 1.24 bits per heavy atom. The number of alkyl halides is 2. The van der Waals surface area contributed by atoms with E-state index in [2.05, 4.69) is 0 Å². The van der Waals surface area contributed by atoms with Crippen LogP contribution >= 0.6 is 0 Å². The monoisotopic (exact) mass is 408 g/mol. The molecule has 0 saturated heterocycles. The molecule has 0 amide bonds. The highest BCUT2D eigenvalue weighted by Crippen LogP contribution is 2.69. The number of fused-ring (bicyclic) bond motifs is 5. The lowest BCUT2D eigenvalue weighted by Crippen LogP contribution is -2.69. The molecule has 0 aromatic carbocycles. The summed E-state index contributed by atoms with van der Waals surface area (Å²) in [6.45, 7) is 3.78. The van der Waals surface area contributed by atoms with Gasteiger partial charge in [0.15, 0.2) is 23.0 Å². The van der Waals surface area contributed by atoms with E-state index in [1.165, 1.54) is 19.1 Å². The first kappa shape index (κ1) is 20.5. The fraction of sp³-hybridized carbons (Fsp3) is 0.682. The van der Waals surface area contributed by atoms with Crippen molar-refractivity contribution < 1.29 is 33.4 Å². The highest BCUT2D eigenvalue weighted by atomic mass is 19.1. The number of aliphatic hydroxyl groups is 2. The van der Waals surface area contributed by atoms with Crippen molar-refractivity contribution in [1.82, 2.24) is 0 Å². The average molecular weight is 408 g/mol. The number of hydrogen-bond donors (Lipinski definition) is 2. The highest BCUT2D eigenvalue weighted by molar-refractivity contribution is 6.03. The number of carbonyl (C=O) groups excluding carboxylic acids is 3. The van der Waals surface area contributed by atoms with E-state index in [0.717, 1.165) is 6.08 Å². The molecule has 4 aliphatic carbocycles. The third-order valence-corrected chi connectivity index (χ3v) is 8.54. The summed E-state index contributed by atoms with van der Waals surface area (Å²) in [5, 5.41) is 20.7. The number of Topliss-reactive ketones (excluding diaryl/α,β-unsaturated/α-hetero) is 2. The Bertz CT molecular complexity index is 880. The van der Waals surface area contributed by atoms with E-state index in [-0.39, 0.29) is 18.4 Å². The molecule has 2 N–H and O–H groups in total. The van der Waals surface area contributed by atoms with Gasteiger partial charge in [0, 0.05) is 17.8 Å². The second-order valence-electron chi connectivity index (χ2n) is 9.67. The van der Waals surface area contributed by atoms with Gasteiger partial charge >= 0.3 is 0 Å². The molecular formula is C22H26F2O5. The third kappa shape index (κ3) is 2.13. The largest absolute Gasteiger partial charge is 0.388 e. The zero-order valence-electron chi connectivity index (χ0n) is 16.7. The quantitative estimate of drug-likeness (QED) is 0.730. The first-order valence-corrected chi connectivity index (χ1v) is 10.1. The smallest absolute Gasteiger partial charge is 0.190 e. The topological polar surface area (TPSA) is 91.7 Å². The van der Waals surface area contributed by atoms with Gasteiger partial charge in [-0.15, -0.1) is 0 Å². The van der Waals surface area contributed by atoms with Crippen LogP contribution in [0.25, 0.3) is 0 Å². The first-order chi connectivity index (χ1) is 13.4. The van der Waals surface area contributed by atoms with E-state index in [1.54, 1.807) is 13.8 Å². The van der Waals surface area contributed by atoms with Gasteiger partial charge in [-0.3, -0.25) is 14.4 Å². The van der Waals surface area contributed by atoms with Crippen molar-refractivity contribution in [2.45, 2.75) is 57.5 Å². The zero-order chi connectivity index (χ0) is 21.6. The Labute approximate surface area is 167 Å². The van der Waals surface area contributed by atoms with Crippen LogP contribution in [0, 0.1) is 28.6 Å². The molecule has 4 rings (SSSR count). The maximum atomic E-state index is 16.8. The predicted molar refractivity (Wildman–Crippen MR) is 99.2 cm³/mol. The molecule has 5 nitrogen and oxygen atoms in total. The van der Waals surface area contributed by atoms with Crippen LogP contribution in [0.3, 0.4) is 0 Å². The van der Waals surface area contributed by atoms with Crippen molar-refractivity contribution in [3.63, 3.8) is 0 Å². The van der Waals surface area contributed by atoms with E-state index in [4.69, 9.17) is 0 Å². The molecule has 0 heterocycles. The lowest BCUT2D eigenvalue weighted by atomic mass is 9.45. The van der Waals surface area contributed by atoms with E-state index in [1.807, 2.05) is 0 Å². The van der Waals surface area contributed by atoms with Gasteiger partial charge in [0.05, 0.1) is 5.41 Å². The molecule has 3 fully saturated rings. The van der Waals surface area contributed by atoms with Gasteiger partial charge in [-0.25, -0.2) is 8.78 Å². The summed E-state index contributed by atoms with van der Waals surface area (Å²) < 4.78 is 32.0. The van der Waals surface area contributed by atoms with Gasteiger partial charge in [-0.05, 0) is 49.3 Å². The molecule has 3 saturated carbocycles. The van der Waals surface area contributed by atoms with Crippen LogP contribution in [0.1, 0.15) is 40.0 Å². The summed E-state index contributed by atoms with van der Waals surface area (Å²) in [6, 6.07) is 0. The summed E-state index contributed by atoms with van der Waals surface area (Å²) in [4.78, 5) is 37.6. The summed E-state index contributed by atoms with van der Waals surface area (Å²) in [6.07, 6.45) is 1.52. The molecule has 0 spiro atoms. The minimum atomic E-state index is -2.43. The summed E-state index contributed by atoms with van der Waals surface area (Å²) in [5.74, 6) is -4.31. The van der Waals surface area contributed by atoms with Crippen molar-refractivity contribution in [3.8, 4) is 0 Å². The number of halogens is 2. The molecular weight excluding hydrogens is 382 g/mol. The molecule has 8 atom stereocenters. The third-order valence-electron chi connectivity index (χ3n) is 8.54. The fourth-order valence-electron chi connectivity index (χ4n) is 6.99. The van der Waals surface area contributed by atoms with Crippen molar-refractivity contribution in [1.29, 1.82) is 0 Å². The second-order valence-corrected chi connectivity index (χ2v) is 9.67. The second kappa shape index (κ2) is 5.91.